The highest BCUT2D eigenvalue weighted by molar-refractivity contribution is 6.03. The first-order valence-corrected chi connectivity index (χ1v) is 8.12. The summed E-state index contributed by atoms with van der Waals surface area (Å²) in [6.07, 6.45) is 1.12. The molecule has 0 atom stereocenters. The van der Waals surface area contributed by atoms with Crippen LogP contribution in [0.1, 0.15) is 73.3 Å². The van der Waals surface area contributed by atoms with Crippen LogP contribution in [0.4, 0.5) is 0 Å². The van der Waals surface area contributed by atoms with Crippen LogP contribution < -0.4 is 0 Å². The summed E-state index contributed by atoms with van der Waals surface area (Å²) >= 11 is 0. The van der Waals surface area contributed by atoms with E-state index in [1.807, 2.05) is 20.8 Å². The minimum Gasteiger partial charge on any atom is -0.455 e. The third-order valence-electron chi connectivity index (χ3n) is 4.22. The topological polar surface area (TPSA) is 70.8 Å². The Morgan fingerprint density at radius 2 is 1.96 bits per heavy atom. The fourth-order valence-corrected chi connectivity index (χ4v) is 3.22. The number of likely N-dealkylation sites (N-methyl/N-ethyl adjacent to an activating group) is 1. The first kappa shape index (κ1) is 17.7. The lowest BCUT2D eigenvalue weighted by molar-refractivity contribution is 0.0296. The predicted octanol–water partition coefficient (Wildman–Crippen LogP) is 2.98. The van der Waals surface area contributed by atoms with Gasteiger partial charge in [0.25, 0.3) is 5.91 Å². The van der Waals surface area contributed by atoms with Crippen molar-refractivity contribution in [1.29, 1.82) is 0 Å². The van der Waals surface area contributed by atoms with Gasteiger partial charge < -0.3 is 14.4 Å². The number of aliphatic hydroxyl groups is 1. The van der Waals surface area contributed by atoms with Gasteiger partial charge in [0.05, 0.1) is 11.2 Å². The van der Waals surface area contributed by atoms with Crippen molar-refractivity contribution in [2.45, 2.75) is 60.0 Å². The molecule has 5 nitrogen and oxygen atoms in total. The Morgan fingerprint density at radius 1 is 1.35 bits per heavy atom. The van der Waals surface area contributed by atoms with Gasteiger partial charge in [-0.05, 0) is 33.1 Å². The molecular weight excluding hydrogens is 294 g/mol. The molecule has 0 spiro atoms. The van der Waals surface area contributed by atoms with Gasteiger partial charge >= 0.3 is 0 Å². The molecule has 1 N–H and O–H groups in total. The molecule has 0 fully saturated rings. The SMILES string of the molecule is CCN(CC(C)(C)O)C(=O)c1oc2c(c1C)C(=O)CC(C)(C)C2. The number of fused-ring (bicyclic) bond motifs is 1. The van der Waals surface area contributed by atoms with E-state index in [1.54, 1.807) is 25.7 Å². The van der Waals surface area contributed by atoms with E-state index in [0.29, 0.717) is 36.3 Å². The largest absolute Gasteiger partial charge is 0.455 e. The monoisotopic (exact) mass is 321 g/mol. The highest BCUT2D eigenvalue weighted by atomic mass is 16.4. The molecule has 5 heteroatoms. The van der Waals surface area contributed by atoms with Gasteiger partial charge in [0.1, 0.15) is 5.76 Å². The van der Waals surface area contributed by atoms with Crippen LogP contribution in [0.5, 0.6) is 0 Å². The van der Waals surface area contributed by atoms with Crippen molar-refractivity contribution >= 4 is 11.7 Å². The van der Waals surface area contributed by atoms with E-state index >= 15 is 0 Å². The van der Waals surface area contributed by atoms with Crippen molar-refractivity contribution in [2.24, 2.45) is 5.41 Å². The minimum atomic E-state index is -0.983. The van der Waals surface area contributed by atoms with E-state index in [2.05, 4.69) is 0 Å². The Labute approximate surface area is 137 Å². The van der Waals surface area contributed by atoms with Crippen LogP contribution >= 0.6 is 0 Å². The van der Waals surface area contributed by atoms with Gasteiger partial charge in [-0.1, -0.05) is 13.8 Å². The third kappa shape index (κ3) is 3.66. The second-order valence-electron chi connectivity index (χ2n) is 7.93. The lowest BCUT2D eigenvalue weighted by atomic mass is 9.76. The number of hydrogen-bond donors (Lipinski definition) is 1. The Morgan fingerprint density at radius 3 is 2.48 bits per heavy atom. The maximum Gasteiger partial charge on any atom is 0.289 e. The van der Waals surface area contributed by atoms with E-state index in [-0.39, 0.29) is 29.4 Å². The molecule has 0 aliphatic heterocycles. The molecule has 1 aliphatic rings. The maximum atomic E-state index is 12.8. The summed E-state index contributed by atoms with van der Waals surface area (Å²) in [7, 11) is 0. The number of amides is 1. The molecule has 1 heterocycles. The molecule has 1 aliphatic carbocycles. The summed E-state index contributed by atoms with van der Waals surface area (Å²) in [6.45, 7) is 11.7. The lowest BCUT2D eigenvalue weighted by Crippen LogP contribution is -2.42. The second kappa shape index (κ2) is 5.78. The van der Waals surface area contributed by atoms with Crippen molar-refractivity contribution < 1.29 is 19.1 Å². The molecule has 0 unspecified atom stereocenters. The average Bonchev–Trinajstić information content (AvgIpc) is 2.69. The molecule has 1 amide bonds. The van der Waals surface area contributed by atoms with Crippen molar-refractivity contribution in [3.05, 3.63) is 22.6 Å². The van der Waals surface area contributed by atoms with E-state index in [4.69, 9.17) is 4.42 Å². The summed E-state index contributed by atoms with van der Waals surface area (Å²) < 4.78 is 5.81. The fraction of sp³-hybridized carbons (Fsp3) is 0.667. The van der Waals surface area contributed by atoms with Crippen molar-refractivity contribution in [3.63, 3.8) is 0 Å². The molecule has 0 bridgehead atoms. The number of rotatable bonds is 4. The van der Waals surface area contributed by atoms with Gasteiger partial charge in [-0.15, -0.1) is 0 Å². The quantitative estimate of drug-likeness (QED) is 0.925. The van der Waals surface area contributed by atoms with E-state index in [1.165, 1.54) is 0 Å². The van der Waals surface area contributed by atoms with Crippen LogP contribution in [0.25, 0.3) is 0 Å². The summed E-state index contributed by atoms with van der Waals surface area (Å²) in [6, 6.07) is 0. The number of Topliss-reactive ketones (excluding diaryl/α,β-unsaturated/α-hetero) is 1. The summed E-state index contributed by atoms with van der Waals surface area (Å²) in [5.41, 5.74) is 0.0715. The van der Waals surface area contributed by atoms with Crippen LogP contribution in [-0.2, 0) is 6.42 Å². The van der Waals surface area contributed by atoms with Crippen LogP contribution in [0, 0.1) is 12.3 Å². The first-order chi connectivity index (χ1) is 10.4. The maximum absolute atomic E-state index is 12.8. The van der Waals surface area contributed by atoms with Crippen LogP contribution in [0.2, 0.25) is 0 Å². The van der Waals surface area contributed by atoms with Gasteiger partial charge in [0.15, 0.2) is 11.5 Å². The number of nitrogens with zero attached hydrogens (tertiary/aromatic N) is 1. The molecule has 2 rings (SSSR count). The molecule has 1 aromatic heterocycles. The number of furan rings is 1. The number of ketones is 1. The first-order valence-electron chi connectivity index (χ1n) is 8.12. The summed E-state index contributed by atoms with van der Waals surface area (Å²) in [5.74, 6) is 0.618. The summed E-state index contributed by atoms with van der Waals surface area (Å²) in [4.78, 5) is 26.7. The van der Waals surface area contributed by atoms with Gasteiger partial charge in [-0.2, -0.15) is 0 Å². The zero-order valence-corrected chi connectivity index (χ0v) is 14.9. The van der Waals surface area contributed by atoms with Gasteiger partial charge in [-0.3, -0.25) is 9.59 Å². The van der Waals surface area contributed by atoms with Crippen LogP contribution in [0.3, 0.4) is 0 Å². The van der Waals surface area contributed by atoms with Crippen LogP contribution in [0.15, 0.2) is 4.42 Å². The Kier molecular flexibility index (Phi) is 4.46. The molecule has 1 aromatic rings. The molecule has 0 saturated heterocycles. The third-order valence-corrected chi connectivity index (χ3v) is 4.22. The molecule has 0 saturated carbocycles. The standard InChI is InChI=1S/C18H27NO4/c1-7-19(10-18(5,6)22)16(21)15-11(2)14-12(20)8-17(3,4)9-13(14)23-15/h22H,7-10H2,1-6H3. The van der Waals surface area contributed by atoms with Crippen LogP contribution in [-0.4, -0.2) is 40.4 Å². The smallest absolute Gasteiger partial charge is 0.289 e. The lowest BCUT2D eigenvalue weighted by Gasteiger charge is -2.27. The molecular formula is C18H27NO4. The Balaban J connectivity index is 2.38. The van der Waals surface area contributed by atoms with E-state index in [0.717, 1.165) is 0 Å². The number of hydrogen-bond acceptors (Lipinski definition) is 4. The molecule has 128 valence electrons. The van der Waals surface area contributed by atoms with Crippen molar-refractivity contribution in [1.82, 2.24) is 4.90 Å². The van der Waals surface area contributed by atoms with Gasteiger partial charge in [-0.25, -0.2) is 0 Å². The molecule has 23 heavy (non-hydrogen) atoms. The zero-order valence-electron chi connectivity index (χ0n) is 14.9. The van der Waals surface area contributed by atoms with E-state index in [9.17, 15) is 14.7 Å². The Hall–Kier alpha value is -1.62. The zero-order chi connectivity index (χ0) is 17.6. The van der Waals surface area contributed by atoms with Gasteiger partial charge in [0.2, 0.25) is 0 Å². The minimum absolute atomic E-state index is 0.0436. The highest BCUT2D eigenvalue weighted by Crippen LogP contribution is 2.38. The van der Waals surface area contributed by atoms with E-state index < -0.39 is 5.60 Å². The molecule has 0 aromatic carbocycles. The van der Waals surface area contributed by atoms with Gasteiger partial charge in [0, 0.05) is 31.5 Å². The summed E-state index contributed by atoms with van der Waals surface area (Å²) in [5, 5.41) is 9.98. The predicted molar refractivity (Wildman–Crippen MR) is 87.8 cm³/mol. The van der Waals surface area contributed by atoms with Crippen molar-refractivity contribution in [2.75, 3.05) is 13.1 Å². The van der Waals surface area contributed by atoms with Crippen molar-refractivity contribution in [3.8, 4) is 0 Å². The molecule has 0 radical (unpaired) electrons. The highest BCUT2D eigenvalue weighted by Gasteiger charge is 2.38. The normalized spacial score (nSPS) is 17.1. The Bertz CT molecular complexity index is 634. The average molecular weight is 321 g/mol. The fourth-order valence-electron chi connectivity index (χ4n) is 3.22. The second-order valence-corrected chi connectivity index (χ2v) is 7.93. The number of carbonyl (C=O) groups is 2. The number of carbonyl (C=O) groups excluding carboxylic acids is 2.